The average molecular weight is 384 g/mol. The number of benzene rings is 1. The maximum atomic E-state index is 11.7. The van der Waals surface area contributed by atoms with Crippen molar-refractivity contribution in [3.63, 3.8) is 0 Å². The molecule has 2 rings (SSSR count). The standard InChI is InChI=1S/C18H28N2O7/c1-24-16-9-14(15(20(22)23)10-17(16)25-2)18(26-3,27-4)12-19-8-6-5-7-13(19)11-21/h9-10,13,21H,5-8,11-12H2,1-4H3/t13-/m0/s1. The minimum atomic E-state index is -1.40. The molecule has 1 aliphatic heterocycles. The number of hydrogen-bond acceptors (Lipinski definition) is 8. The van der Waals surface area contributed by atoms with E-state index in [0.717, 1.165) is 25.8 Å². The fourth-order valence-corrected chi connectivity index (χ4v) is 3.58. The number of methoxy groups -OCH3 is 4. The lowest BCUT2D eigenvalue weighted by atomic mass is 9.97. The van der Waals surface area contributed by atoms with Gasteiger partial charge in [-0.3, -0.25) is 15.0 Å². The molecule has 0 radical (unpaired) electrons. The van der Waals surface area contributed by atoms with E-state index in [2.05, 4.69) is 4.90 Å². The topological polar surface area (TPSA) is 104 Å². The van der Waals surface area contributed by atoms with Gasteiger partial charge in [-0.25, -0.2) is 0 Å². The van der Waals surface area contributed by atoms with E-state index in [9.17, 15) is 15.2 Å². The van der Waals surface area contributed by atoms with E-state index >= 15 is 0 Å². The summed E-state index contributed by atoms with van der Waals surface area (Å²) in [6.45, 7) is 1.000. The van der Waals surface area contributed by atoms with Crippen molar-refractivity contribution >= 4 is 5.69 Å². The quantitative estimate of drug-likeness (QED) is 0.391. The summed E-state index contributed by atoms with van der Waals surface area (Å²) in [5, 5.41) is 21.4. The van der Waals surface area contributed by atoms with Crippen molar-refractivity contribution in [2.24, 2.45) is 0 Å². The van der Waals surface area contributed by atoms with E-state index in [0.29, 0.717) is 5.75 Å². The second kappa shape index (κ2) is 9.32. The summed E-state index contributed by atoms with van der Waals surface area (Å²) in [6, 6.07) is 2.78. The van der Waals surface area contributed by atoms with Gasteiger partial charge in [-0.05, 0) is 25.5 Å². The zero-order chi connectivity index (χ0) is 20.0. The molecule has 0 spiro atoms. The predicted molar refractivity (Wildman–Crippen MR) is 98.2 cm³/mol. The summed E-state index contributed by atoms with van der Waals surface area (Å²) >= 11 is 0. The van der Waals surface area contributed by atoms with Crippen LogP contribution in [0.5, 0.6) is 11.5 Å². The largest absolute Gasteiger partial charge is 0.493 e. The number of ether oxygens (including phenoxy) is 4. The molecular weight excluding hydrogens is 356 g/mol. The Labute approximate surface area is 158 Å². The van der Waals surface area contributed by atoms with E-state index < -0.39 is 10.7 Å². The van der Waals surface area contributed by atoms with Crippen LogP contribution in [-0.4, -0.2) is 69.1 Å². The highest BCUT2D eigenvalue weighted by Gasteiger charge is 2.43. The van der Waals surface area contributed by atoms with Crippen LogP contribution in [0.1, 0.15) is 24.8 Å². The highest BCUT2D eigenvalue weighted by molar-refractivity contribution is 5.56. The number of nitro groups is 1. The molecule has 0 unspecified atom stereocenters. The van der Waals surface area contributed by atoms with Crippen LogP contribution >= 0.6 is 0 Å². The molecular formula is C18H28N2O7. The van der Waals surface area contributed by atoms with Crippen LogP contribution in [0.3, 0.4) is 0 Å². The van der Waals surface area contributed by atoms with E-state index in [1.165, 1.54) is 40.6 Å². The maximum absolute atomic E-state index is 11.7. The van der Waals surface area contributed by atoms with E-state index in [1.807, 2.05) is 0 Å². The van der Waals surface area contributed by atoms with Gasteiger partial charge in [0.25, 0.3) is 5.69 Å². The normalized spacial score (nSPS) is 18.3. The van der Waals surface area contributed by atoms with Gasteiger partial charge in [-0.2, -0.15) is 0 Å². The third-order valence-electron chi connectivity index (χ3n) is 5.14. The Morgan fingerprint density at radius 1 is 1.19 bits per heavy atom. The Morgan fingerprint density at radius 3 is 2.33 bits per heavy atom. The predicted octanol–water partition coefficient (Wildman–Crippen LogP) is 1.90. The molecule has 0 aliphatic carbocycles. The van der Waals surface area contributed by atoms with Gasteiger partial charge < -0.3 is 24.1 Å². The first kappa shape index (κ1) is 21.4. The van der Waals surface area contributed by atoms with Crippen molar-refractivity contribution in [1.82, 2.24) is 4.90 Å². The minimum Gasteiger partial charge on any atom is -0.493 e. The number of nitrogens with zero attached hydrogens (tertiary/aromatic N) is 2. The summed E-state index contributed by atoms with van der Waals surface area (Å²) in [6.07, 6.45) is 2.87. The lowest BCUT2D eigenvalue weighted by molar-refractivity contribution is -0.389. The third kappa shape index (κ3) is 4.32. The highest BCUT2D eigenvalue weighted by Crippen LogP contribution is 2.42. The summed E-state index contributed by atoms with van der Waals surface area (Å²) in [5.41, 5.74) is 0.0475. The second-order valence-electron chi connectivity index (χ2n) is 6.45. The molecule has 9 nitrogen and oxygen atoms in total. The summed E-state index contributed by atoms with van der Waals surface area (Å²) in [4.78, 5) is 13.3. The fourth-order valence-electron chi connectivity index (χ4n) is 3.58. The molecule has 1 N–H and O–H groups in total. The molecule has 1 heterocycles. The van der Waals surface area contributed by atoms with Crippen LogP contribution < -0.4 is 9.47 Å². The molecule has 27 heavy (non-hydrogen) atoms. The molecule has 0 amide bonds. The number of rotatable bonds is 9. The summed E-state index contributed by atoms with van der Waals surface area (Å²) in [5.74, 6) is -0.804. The minimum absolute atomic E-state index is 0.0114. The Bertz CT molecular complexity index is 649. The molecule has 1 fully saturated rings. The van der Waals surface area contributed by atoms with Gasteiger partial charge in [0.1, 0.15) is 0 Å². The molecule has 1 aromatic rings. The highest BCUT2D eigenvalue weighted by atomic mass is 16.7. The van der Waals surface area contributed by atoms with Crippen LogP contribution in [0.2, 0.25) is 0 Å². The Kier molecular flexibility index (Phi) is 7.37. The molecule has 1 atom stereocenters. The zero-order valence-corrected chi connectivity index (χ0v) is 16.3. The van der Waals surface area contributed by atoms with E-state index in [-0.39, 0.29) is 36.2 Å². The average Bonchev–Trinajstić information content (AvgIpc) is 2.71. The molecule has 9 heteroatoms. The molecule has 1 aromatic carbocycles. The lowest BCUT2D eigenvalue weighted by Gasteiger charge is -2.41. The van der Waals surface area contributed by atoms with Gasteiger partial charge >= 0.3 is 0 Å². The fraction of sp³-hybridized carbons (Fsp3) is 0.667. The molecule has 0 aromatic heterocycles. The van der Waals surface area contributed by atoms with Crippen molar-refractivity contribution in [2.45, 2.75) is 31.1 Å². The molecule has 152 valence electrons. The Balaban J connectivity index is 2.55. The van der Waals surface area contributed by atoms with Gasteiger partial charge in [0.2, 0.25) is 5.79 Å². The van der Waals surface area contributed by atoms with Crippen molar-refractivity contribution < 1.29 is 29.0 Å². The first-order chi connectivity index (χ1) is 13.0. The number of aliphatic hydroxyl groups excluding tert-OH is 1. The number of piperidine rings is 1. The molecule has 0 saturated carbocycles. The van der Waals surface area contributed by atoms with Crippen LogP contribution in [0.15, 0.2) is 12.1 Å². The second-order valence-corrected chi connectivity index (χ2v) is 6.45. The SMILES string of the molecule is COc1cc([N+](=O)[O-])c(C(CN2CCCC[C@H]2CO)(OC)OC)cc1OC. The lowest BCUT2D eigenvalue weighted by Crippen LogP contribution is -2.51. The van der Waals surface area contributed by atoms with Crippen LogP contribution in [0.4, 0.5) is 5.69 Å². The van der Waals surface area contributed by atoms with Gasteiger partial charge in [-0.1, -0.05) is 6.42 Å². The van der Waals surface area contributed by atoms with Gasteiger partial charge in [0.15, 0.2) is 11.5 Å². The van der Waals surface area contributed by atoms with Crippen molar-refractivity contribution in [3.05, 3.63) is 27.8 Å². The summed E-state index contributed by atoms with van der Waals surface area (Å²) < 4.78 is 21.9. The van der Waals surface area contributed by atoms with Crippen LogP contribution in [0.25, 0.3) is 0 Å². The summed E-state index contributed by atoms with van der Waals surface area (Å²) in [7, 11) is 5.77. The maximum Gasteiger partial charge on any atom is 0.282 e. The van der Waals surface area contributed by atoms with Crippen molar-refractivity contribution in [1.29, 1.82) is 0 Å². The van der Waals surface area contributed by atoms with Crippen LogP contribution in [-0.2, 0) is 15.3 Å². The zero-order valence-electron chi connectivity index (χ0n) is 16.3. The third-order valence-corrected chi connectivity index (χ3v) is 5.14. The van der Waals surface area contributed by atoms with Gasteiger partial charge in [0.05, 0.1) is 43.9 Å². The number of hydrogen-bond donors (Lipinski definition) is 1. The smallest absolute Gasteiger partial charge is 0.282 e. The number of likely N-dealkylation sites (tertiary alicyclic amines) is 1. The number of nitro benzene ring substituents is 1. The molecule has 1 saturated heterocycles. The van der Waals surface area contributed by atoms with Crippen LogP contribution in [0, 0.1) is 10.1 Å². The number of aliphatic hydroxyl groups is 1. The monoisotopic (exact) mass is 384 g/mol. The first-order valence-corrected chi connectivity index (χ1v) is 8.82. The molecule has 1 aliphatic rings. The van der Waals surface area contributed by atoms with E-state index in [4.69, 9.17) is 18.9 Å². The van der Waals surface area contributed by atoms with Crippen molar-refractivity contribution in [2.75, 3.05) is 48.1 Å². The van der Waals surface area contributed by atoms with Gasteiger partial charge in [0, 0.05) is 20.3 Å². The van der Waals surface area contributed by atoms with Gasteiger partial charge in [-0.15, -0.1) is 0 Å². The Morgan fingerprint density at radius 2 is 1.81 bits per heavy atom. The molecule has 0 bridgehead atoms. The van der Waals surface area contributed by atoms with Crippen molar-refractivity contribution in [3.8, 4) is 11.5 Å². The first-order valence-electron chi connectivity index (χ1n) is 8.82. The van der Waals surface area contributed by atoms with E-state index in [1.54, 1.807) is 0 Å². The Hall–Kier alpha value is -1.94.